The quantitative estimate of drug-likeness (QED) is 0.688. The van der Waals surface area contributed by atoms with Crippen molar-refractivity contribution in [2.45, 2.75) is 18.9 Å². The normalized spacial score (nSPS) is 10.5. The molecule has 0 saturated heterocycles. The number of para-hydroxylation sites is 1. The smallest absolute Gasteiger partial charge is 0.142 e. The molecule has 2 aromatic rings. The summed E-state index contributed by atoms with van der Waals surface area (Å²) >= 11 is 9.52. The molecule has 0 aliphatic rings. The van der Waals surface area contributed by atoms with Gasteiger partial charge in [-0.25, -0.2) is 4.39 Å². The number of hydrogen-bond donors (Lipinski definition) is 0. The van der Waals surface area contributed by atoms with Crippen LogP contribution in [0.15, 0.2) is 36.4 Å². The Labute approximate surface area is 125 Å². The highest BCUT2D eigenvalue weighted by Crippen LogP contribution is 2.31. The standard InChI is InChI=1S/C15H13BrClFO/c1-10-5-6-13(18)7-12(10)9-19-15-11(8-16)3-2-4-14(15)17/h2-7H,8-9H2,1H3. The third-order valence-electron chi connectivity index (χ3n) is 2.88. The maximum atomic E-state index is 13.2. The number of aryl methyl sites for hydroxylation is 1. The first-order chi connectivity index (χ1) is 9.11. The predicted molar refractivity (Wildman–Crippen MR) is 79.6 cm³/mol. The molecule has 0 bridgehead atoms. The molecule has 0 atom stereocenters. The molecule has 0 saturated carbocycles. The Morgan fingerprint density at radius 2 is 2.00 bits per heavy atom. The Morgan fingerprint density at radius 3 is 2.74 bits per heavy atom. The Morgan fingerprint density at radius 1 is 1.21 bits per heavy atom. The van der Waals surface area contributed by atoms with Crippen LogP contribution in [-0.4, -0.2) is 0 Å². The van der Waals surface area contributed by atoms with Crippen LogP contribution in [0.1, 0.15) is 16.7 Å². The summed E-state index contributed by atoms with van der Waals surface area (Å²) in [6.07, 6.45) is 0. The first-order valence-electron chi connectivity index (χ1n) is 5.83. The molecule has 4 heteroatoms. The van der Waals surface area contributed by atoms with Crippen LogP contribution in [0.25, 0.3) is 0 Å². The number of alkyl halides is 1. The molecule has 19 heavy (non-hydrogen) atoms. The molecule has 0 aliphatic carbocycles. The first kappa shape index (κ1) is 14.4. The molecular formula is C15H13BrClFO. The second-order valence-corrected chi connectivity index (χ2v) is 5.19. The summed E-state index contributed by atoms with van der Waals surface area (Å²) in [4.78, 5) is 0. The van der Waals surface area contributed by atoms with Gasteiger partial charge in [-0.1, -0.05) is 45.7 Å². The van der Waals surface area contributed by atoms with Gasteiger partial charge in [-0.05, 0) is 36.2 Å². The largest absolute Gasteiger partial charge is 0.487 e. The van der Waals surface area contributed by atoms with Crippen molar-refractivity contribution in [2.75, 3.05) is 0 Å². The third-order valence-corrected chi connectivity index (χ3v) is 3.78. The van der Waals surface area contributed by atoms with Crippen molar-refractivity contribution in [3.63, 3.8) is 0 Å². The van der Waals surface area contributed by atoms with Crippen LogP contribution < -0.4 is 4.74 Å². The fourth-order valence-corrected chi connectivity index (χ4v) is 2.46. The molecule has 0 aromatic heterocycles. The van der Waals surface area contributed by atoms with E-state index in [-0.39, 0.29) is 5.82 Å². The van der Waals surface area contributed by atoms with Crippen molar-refractivity contribution in [1.29, 1.82) is 0 Å². The summed E-state index contributed by atoms with van der Waals surface area (Å²) in [6.45, 7) is 2.23. The summed E-state index contributed by atoms with van der Waals surface area (Å²) in [7, 11) is 0. The van der Waals surface area contributed by atoms with Crippen molar-refractivity contribution in [1.82, 2.24) is 0 Å². The Balaban J connectivity index is 2.21. The van der Waals surface area contributed by atoms with E-state index in [0.717, 1.165) is 16.7 Å². The fraction of sp³-hybridized carbons (Fsp3) is 0.200. The summed E-state index contributed by atoms with van der Waals surface area (Å²) in [5.41, 5.74) is 2.79. The molecule has 0 N–H and O–H groups in total. The van der Waals surface area contributed by atoms with Gasteiger partial charge in [0.25, 0.3) is 0 Å². The van der Waals surface area contributed by atoms with Gasteiger partial charge in [0, 0.05) is 10.9 Å². The Bertz CT molecular complexity index is 586. The summed E-state index contributed by atoms with van der Waals surface area (Å²) in [6, 6.07) is 10.3. The SMILES string of the molecule is Cc1ccc(F)cc1COc1c(Cl)cccc1CBr. The lowest BCUT2D eigenvalue weighted by Crippen LogP contribution is -2.01. The molecule has 0 unspecified atom stereocenters. The van der Waals surface area contributed by atoms with Crippen LogP contribution in [0.3, 0.4) is 0 Å². The summed E-state index contributed by atoms with van der Waals surface area (Å²) in [5.74, 6) is 0.383. The number of benzene rings is 2. The molecule has 0 spiro atoms. The van der Waals surface area contributed by atoms with Gasteiger partial charge >= 0.3 is 0 Å². The molecule has 100 valence electrons. The van der Waals surface area contributed by atoms with Gasteiger partial charge in [-0.2, -0.15) is 0 Å². The molecule has 0 fully saturated rings. The number of rotatable bonds is 4. The zero-order chi connectivity index (χ0) is 13.8. The number of halogens is 3. The molecule has 1 nitrogen and oxygen atoms in total. The highest BCUT2D eigenvalue weighted by Gasteiger charge is 2.09. The van der Waals surface area contributed by atoms with Gasteiger partial charge in [-0.15, -0.1) is 0 Å². The maximum absolute atomic E-state index is 13.2. The molecular weight excluding hydrogens is 331 g/mol. The number of ether oxygens (including phenoxy) is 1. The molecule has 0 aliphatic heterocycles. The van der Waals surface area contributed by atoms with E-state index in [0.29, 0.717) is 22.7 Å². The van der Waals surface area contributed by atoms with Gasteiger partial charge in [0.2, 0.25) is 0 Å². The molecule has 2 rings (SSSR count). The van der Waals surface area contributed by atoms with Crippen LogP contribution in [0.2, 0.25) is 5.02 Å². The highest BCUT2D eigenvalue weighted by atomic mass is 79.9. The molecule has 0 radical (unpaired) electrons. The minimum atomic E-state index is -0.260. The van der Waals surface area contributed by atoms with Gasteiger partial charge in [0.1, 0.15) is 18.2 Å². The summed E-state index contributed by atoms with van der Waals surface area (Å²) < 4.78 is 19.0. The molecule has 0 heterocycles. The van der Waals surface area contributed by atoms with Gasteiger partial charge in [0.15, 0.2) is 0 Å². The lowest BCUT2D eigenvalue weighted by molar-refractivity contribution is 0.302. The van der Waals surface area contributed by atoms with E-state index in [4.69, 9.17) is 16.3 Å². The molecule has 2 aromatic carbocycles. The van der Waals surface area contributed by atoms with Crippen LogP contribution in [0.5, 0.6) is 5.75 Å². The Hall–Kier alpha value is -1.06. The van der Waals surface area contributed by atoms with E-state index in [2.05, 4.69) is 15.9 Å². The first-order valence-corrected chi connectivity index (χ1v) is 7.33. The van der Waals surface area contributed by atoms with E-state index >= 15 is 0 Å². The van der Waals surface area contributed by atoms with E-state index in [1.165, 1.54) is 12.1 Å². The molecule has 0 amide bonds. The average Bonchev–Trinajstić information content (AvgIpc) is 2.40. The van der Waals surface area contributed by atoms with Crippen molar-refractivity contribution in [3.8, 4) is 5.75 Å². The van der Waals surface area contributed by atoms with Gasteiger partial charge < -0.3 is 4.74 Å². The second kappa shape index (κ2) is 6.40. The third kappa shape index (κ3) is 3.48. The predicted octanol–water partition coefficient (Wildman–Crippen LogP) is 5.26. The number of hydrogen-bond acceptors (Lipinski definition) is 1. The lowest BCUT2D eigenvalue weighted by atomic mass is 10.1. The van der Waals surface area contributed by atoms with E-state index in [9.17, 15) is 4.39 Å². The van der Waals surface area contributed by atoms with Crippen molar-refractivity contribution in [2.24, 2.45) is 0 Å². The zero-order valence-corrected chi connectivity index (χ0v) is 12.8. The fourth-order valence-electron chi connectivity index (χ4n) is 1.77. The minimum Gasteiger partial charge on any atom is -0.487 e. The van der Waals surface area contributed by atoms with Gasteiger partial charge in [0.05, 0.1) is 5.02 Å². The Kier molecular flexibility index (Phi) is 4.83. The van der Waals surface area contributed by atoms with Crippen LogP contribution in [0.4, 0.5) is 4.39 Å². The maximum Gasteiger partial charge on any atom is 0.142 e. The van der Waals surface area contributed by atoms with E-state index in [1.807, 2.05) is 19.1 Å². The highest BCUT2D eigenvalue weighted by molar-refractivity contribution is 9.08. The average molecular weight is 344 g/mol. The topological polar surface area (TPSA) is 9.23 Å². The monoisotopic (exact) mass is 342 g/mol. The van der Waals surface area contributed by atoms with Crippen LogP contribution >= 0.6 is 27.5 Å². The van der Waals surface area contributed by atoms with E-state index in [1.54, 1.807) is 12.1 Å². The second-order valence-electron chi connectivity index (χ2n) is 4.22. The van der Waals surface area contributed by atoms with Crippen molar-refractivity contribution in [3.05, 3.63) is 63.9 Å². The van der Waals surface area contributed by atoms with Crippen molar-refractivity contribution >= 4 is 27.5 Å². The van der Waals surface area contributed by atoms with E-state index < -0.39 is 0 Å². The van der Waals surface area contributed by atoms with Crippen LogP contribution in [0, 0.1) is 12.7 Å². The zero-order valence-electron chi connectivity index (χ0n) is 10.4. The minimum absolute atomic E-state index is 0.260. The van der Waals surface area contributed by atoms with Crippen molar-refractivity contribution < 1.29 is 9.13 Å². The van der Waals surface area contributed by atoms with Gasteiger partial charge in [-0.3, -0.25) is 0 Å². The summed E-state index contributed by atoms with van der Waals surface area (Å²) in [5, 5.41) is 1.22. The van der Waals surface area contributed by atoms with Crippen LogP contribution in [-0.2, 0) is 11.9 Å². The lowest BCUT2D eigenvalue weighted by Gasteiger charge is -2.13.